The zero-order valence-corrected chi connectivity index (χ0v) is 12.0. The van der Waals surface area contributed by atoms with Gasteiger partial charge in [0.25, 0.3) is 0 Å². The molecule has 1 aromatic rings. The summed E-state index contributed by atoms with van der Waals surface area (Å²) in [4.78, 5) is 0. The molecule has 0 nitrogen and oxygen atoms in total. The van der Waals surface area contributed by atoms with Crippen molar-refractivity contribution in [2.24, 2.45) is 5.92 Å². The molecule has 0 bridgehead atoms. The Morgan fingerprint density at radius 3 is 2.47 bits per heavy atom. The predicted octanol–water partition coefficient (Wildman–Crippen LogP) is 4.43. The molecular weight excluding hydrogens is 316 g/mol. The van der Waals surface area contributed by atoms with Crippen LogP contribution in [-0.2, 0) is 13.5 Å². The van der Waals surface area contributed by atoms with Crippen LogP contribution in [0.15, 0.2) is 30.8 Å². The fraction of sp³-hybridized carbons (Fsp3) is 0.250. The summed E-state index contributed by atoms with van der Waals surface area (Å²) in [5, 5.41) is 0. The van der Waals surface area contributed by atoms with Crippen molar-refractivity contribution in [2.45, 2.75) is 13.8 Å². The van der Waals surface area contributed by atoms with Crippen LogP contribution in [0, 0.1) is 5.92 Å². The molecule has 84 valence electrons. The van der Waals surface area contributed by atoms with Crippen molar-refractivity contribution in [3.05, 3.63) is 42.0 Å². The van der Waals surface area contributed by atoms with E-state index in [-0.39, 0.29) is 0 Å². The molecule has 0 aliphatic heterocycles. The fourth-order valence-electron chi connectivity index (χ4n) is 1.27. The Bertz CT molecular complexity index is 390. The SMILES string of the molecule is C=C(c1ccccc1[CH]=[Ru]([Cl])[Cl])C(C)C. The summed E-state index contributed by atoms with van der Waals surface area (Å²) in [5.74, 6) is 0.436. The molecular formula is C12H14Cl2Ru. The number of hydrogen-bond acceptors (Lipinski definition) is 0. The summed E-state index contributed by atoms with van der Waals surface area (Å²) in [6.07, 6.45) is 0. The van der Waals surface area contributed by atoms with Crippen molar-refractivity contribution < 1.29 is 13.5 Å². The average molecular weight is 330 g/mol. The minimum atomic E-state index is -1.76. The Balaban J connectivity index is 3.18. The number of benzene rings is 1. The molecule has 0 amide bonds. The van der Waals surface area contributed by atoms with Gasteiger partial charge in [-0.2, -0.15) is 0 Å². The van der Waals surface area contributed by atoms with Gasteiger partial charge in [-0.3, -0.25) is 0 Å². The zero-order chi connectivity index (χ0) is 11.4. The molecule has 0 aliphatic carbocycles. The first kappa shape index (κ1) is 13.1. The molecule has 0 aliphatic rings. The Morgan fingerprint density at radius 1 is 1.33 bits per heavy atom. The standard InChI is InChI=1S/C12H14.2ClH.Ru/c1-9(2)11(4)12-8-6-5-7-10(12)3;;;/h3,5-9H,4H2,1-2H3;2*1H;/q;;;+2/p-2. The Labute approximate surface area is 104 Å². The second-order valence-corrected chi connectivity index (χ2v) is 9.30. The summed E-state index contributed by atoms with van der Waals surface area (Å²) in [7, 11) is 11.8. The van der Waals surface area contributed by atoms with E-state index in [4.69, 9.17) is 19.4 Å². The van der Waals surface area contributed by atoms with Gasteiger partial charge in [-0.25, -0.2) is 0 Å². The number of hydrogen-bond donors (Lipinski definition) is 0. The minimum absolute atomic E-state index is 0.436. The zero-order valence-electron chi connectivity index (χ0n) is 8.78. The first-order chi connectivity index (χ1) is 7.02. The molecule has 15 heavy (non-hydrogen) atoms. The van der Waals surface area contributed by atoms with Gasteiger partial charge in [0.05, 0.1) is 0 Å². The van der Waals surface area contributed by atoms with Crippen molar-refractivity contribution in [1.82, 2.24) is 0 Å². The first-order valence-corrected chi connectivity index (χ1v) is 10.1. The van der Waals surface area contributed by atoms with Crippen molar-refractivity contribution in [3.63, 3.8) is 0 Å². The molecule has 0 fully saturated rings. The van der Waals surface area contributed by atoms with E-state index in [0.29, 0.717) is 5.92 Å². The second-order valence-electron chi connectivity index (χ2n) is 3.57. The van der Waals surface area contributed by atoms with Crippen molar-refractivity contribution in [3.8, 4) is 0 Å². The van der Waals surface area contributed by atoms with Gasteiger partial charge in [0, 0.05) is 0 Å². The third-order valence-corrected chi connectivity index (χ3v) is 4.02. The molecule has 0 radical (unpaired) electrons. The Kier molecular flexibility index (Phi) is 5.19. The van der Waals surface area contributed by atoms with Crippen LogP contribution in [0.2, 0.25) is 0 Å². The van der Waals surface area contributed by atoms with Gasteiger partial charge < -0.3 is 0 Å². The molecule has 1 rings (SSSR count). The topological polar surface area (TPSA) is 0 Å². The van der Waals surface area contributed by atoms with Crippen molar-refractivity contribution >= 4 is 29.6 Å². The molecule has 0 unspecified atom stereocenters. The van der Waals surface area contributed by atoms with Crippen LogP contribution in [0.4, 0.5) is 0 Å². The summed E-state index contributed by atoms with van der Waals surface area (Å²) in [6, 6.07) is 8.11. The van der Waals surface area contributed by atoms with Crippen LogP contribution in [0.5, 0.6) is 0 Å². The van der Waals surface area contributed by atoms with Gasteiger partial charge in [0.15, 0.2) is 0 Å². The van der Waals surface area contributed by atoms with Gasteiger partial charge in [-0.15, -0.1) is 0 Å². The van der Waals surface area contributed by atoms with Gasteiger partial charge >= 0.3 is 105 Å². The van der Waals surface area contributed by atoms with E-state index < -0.39 is 13.5 Å². The quantitative estimate of drug-likeness (QED) is 0.719. The average Bonchev–Trinajstić information content (AvgIpc) is 2.16. The first-order valence-electron chi connectivity index (χ1n) is 4.63. The molecule has 0 saturated carbocycles. The summed E-state index contributed by atoms with van der Waals surface area (Å²) >= 11 is -1.76. The molecule has 0 atom stereocenters. The molecule has 0 heterocycles. The van der Waals surface area contributed by atoms with Crippen molar-refractivity contribution in [2.75, 3.05) is 0 Å². The molecule has 3 heteroatoms. The Morgan fingerprint density at radius 2 is 1.93 bits per heavy atom. The van der Waals surface area contributed by atoms with Crippen molar-refractivity contribution in [1.29, 1.82) is 0 Å². The van der Waals surface area contributed by atoms with Crippen LogP contribution < -0.4 is 0 Å². The molecule has 0 aromatic heterocycles. The maximum atomic E-state index is 5.89. The van der Waals surface area contributed by atoms with Gasteiger partial charge in [-0.05, 0) is 0 Å². The van der Waals surface area contributed by atoms with Gasteiger partial charge in [-0.1, -0.05) is 0 Å². The van der Waals surface area contributed by atoms with Gasteiger partial charge in [0.1, 0.15) is 0 Å². The molecule has 0 saturated heterocycles. The number of allylic oxidation sites excluding steroid dienone is 1. The van der Waals surface area contributed by atoms with Gasteiger partial charge in [0.2, 0.25) is 0 Å². The summed E-state index contributed by atoms with van der Waals surface area (Å²) in [5.41, 5.74) is 3.40. The number of halogens is 2. The fourth-order valence-corrected chi connectivity index (χ4v) is 3.10. The van der Waals surface area contributed by atoms with E-state index in [2.05, 4.69) is 26.5 Å². The van der Waals surface area contributed by atoms with Crippen LogP contribution in [0.3, 0.4) is 0 Å². The van der Waals surface area contributed by atoms with E-state index in [1.807, 2.05) is 22.8 Å². The van der Waals surface area contributed by atoms with E-state index >= 15 is 0 Å². The van der Waals surface area contributed by atoms with E-state index in [9.17, 15) is 0 Å². The Hall–Kier alpha value is 0.0334. The monoisotopic (exact) mass is 330 g/mol. The molecule has 1 aromatic carbocycles. The predicted molar refractivity (Wildman–Crippen MR) is 67.2 cm³/mol. The maximum absolute atomic E-state index is 5.89. The second kappa shape index (κ2) is 5.94. The third kappa shape index (κ3) is 3.83. The normalized spacial score (nSPS) is 11.4. The number of rotatable bonds is 3. The summed E-state index contributed by atoms with van der Waals surface area (Å²) < 4.78 is 1.97. The van der Waals surface area contributed by atoms with E-state index in [1.54, 1.807) is 0 Å². The van der Waals surface area contributed by atoms with Crippen LogP contribution in [-0.4, -0.2) is 4.61 Å². The summed E-state index contributed by atoms with van der Waals surface area (Å²) in [6.45, 7) is 8.37. The third-order valence-electron chi connectivity index (χ3n) is 2.19. The van der Waals surface area contributed by atoms with E-state index in [0.717, 1.165) is 16.7 Å². The molecule has 0 spiro atoms. The van der Waals surface area contributed by atoms with Crippen LogP contribution >= 0.6 is 19.4 Å². The van der Waals surface area contributed by atoms with Crippen LogP contribution in [0.1, 0.15) is 25.0 Å². The van der Waals surface area contributed by atoms with Crippen LogP contribution in [0.25, 0.3) is 5.57 Å². The molecule has 0 N–H and O–H groups in total. The van der Waals surface area contributed by atoms with E-state index in [1.165, 1.54) is 0 Å².